The van der Waals surface area contributed by atoms with Crippen LogP contribution >= 0.6 is 0 Å². The summed E-state index contributed by atoms with van der Waals surface area (Å²) in [6.45, 7) is 5.76. The third-order valence-electron chi connectivity index (χ3n) is 6.39. The third kappa shape index (κ3) is 2.90. The monoisotopic (exact) mass is 280 g/mol. The van der Waals surface area contributed by atoms with Crippen molar-refractivity contribution in [2.45, 2.75) is 83.3 Å². The molecular weight excluding hydrogens is 248 g/mol. The number of ether oxygens (including phenoxy) is 1. The Bertz CT molecular complexity index is 328. The number of hydrogen-bond acceptors (Lipinski definition) is 3. The topological polar surface area (TPSA) is 47.3 Å². The first-order valence-electron chi connectivity index (χ1n) is 8.64. The van der Waals surface area contributed by atoms with Gasteiger partial charge in [0.05, 0.1) is 5.60 Å². The Hall–Kier alpha value is -0.120. The lowest BCUT2D eigenvalue weighted by Crippen LogP contribution is -2.54. The highest BCUT2D eigenvalue weighted by molar-refractivity contribution is 4.98. The SMILES string of the molecule is CC1(C)CCC(C(NN)C2CCOC3(CCC3)C2)CC1. The van der Waals surface area contributed by atoms with Crippen LogP contribution in [0.5, 0.6) is 0 Å². The minimum atomic E-state index is 0.242. The standard InChI is InChI=1S/C17H32N2O/c1-16(2)9-4-13(5-10-16)15(19-18)14-6-11-20-17(12-14)7-3-8-17/h13-15,19H,3-12,18H2,1-2H3. The second-order valence-electron chi connectivity index (χ2n) is 8.33. The molecule has 3 nitrogen and oxygen atoms in total. The lowest BCUT2D eigenvalue weighted by atomic mass is 9.65. The van der Waals surface area contributed by atoms with E-state index in [1.54, 1.807) is 0 Å². The molecule has 0 aromatic rings. The van der Waals surface area contributed by atoms with E-state index in [9.17, 15) is 0 Å². The summed E-state index contributed by atoms with van der Waals surface area (Å²) in [5.41, 5.74) is 3.98. The van der Waals surface area contributed by atoms with E-state index in [2.05, 4.69) is 19.3 Å². The van der Waals surface area contributed by atoms with Crippen LogP contribution in [0.25, 0.3) is 0 Å². The molecule has 116 valence electrons. The number of nitrogens with two attached hydrogens (primary N) is 1. The summed E-state index contributed by atoms with van der Waals surface area (Å²) in [6, 6.07) is 0.507. The molecule has 0 aromatic carbocycles. The van der Waals surface area contributed by atoms with Crippen molar-refractivity contribution in [2.24, 2.45) is 23.1 Å². The molecule has 3 fully saturated rings. The van der Waals surface area contributed by atoms with Crippen LogP contribution in [0.1, 0.15) is 71.6 Å². The van der Waals surface area contributed by atoms with Crippen molar-refractivity contribution in [3.05, 3.63) is 0 Å². The second kappa shape index (κ2) is 5.58. The molecule has 3 rings (SSSR count). The van der Waals surface area contributed by atoms with Crippen molar-refractivity contribution < 1.29 is 4.74 Å². The van der Waals surface area contributed by atoms with E-state index in [0.717, 1.165) is 18.4 Å². The smallest absolute Gasteiger partial charge is 0.0685 e. The summed E-state index contributed by atoms with van der Waals surface area (Å²) in [5, 5.41) is 0. The molecule has 20 heavy (non-hydrogen) atoms. The van der Waals surface area contributed by atoms with Gasteiger partial charge in [0.1, 0.15) is 0 Å². The minimum absolute atomic E-state index is 0.242. The Labute approximate surface area is 124 Å². The summed E-state index contributed by atoms with van der Waals surface area (Å²) in [6.07, 6.45) is 11.7. The predicted molar refractivity (Wildman–Crippen MR) is 82.1 cm³/mol. The Morgan fingerprint density at radius 2 is 1.75 bits per heavy atom. The zero-order valence-electron chi connectivity index (χ0n) is 13.3. The first kappa shape index (κ1) is 14.8. The molecule has 2 atom stereocenters. The minimum Gasteiger partial charge on any atom is -0.375 e. The maximum Gasteiger partial charge on any atom is 0.0685 e. The largest absolute Gasteiger partial charge is 0.375 e. The van der Waals surface area contributed by atoms with Gasteiger partial charge in [-0.2, -0.15) is 0 Å². The number of nitrogens with one attached hydrogen (secondary N) is 1. The molecule has 3 heteroatoms. The van der Waals surface area contributed by atoms with Crippen LogP contribution in [-0.4, -0.2) is 18.2 Å². The summed E-state index contributed by atoms with van der Waals surface area (Å²) < 4.78 is 6.08. The van der Waals surface area contributed by atoms with Gasteiger partial charge in [-0.1, -0.05) is 13.8 Å². The zero-order chi connectivity index (χ0) is 14.2. The highest BCUT2D eigenvalue weighted by atomic mass is 16.5. The van der Waals surface area contributed by atoms with Crippen LogP contribution in [0.3, 0.4) is 0 Å². The fourth-order valence-electron chi connectivity index (χ4n) is 4.73. The van der Waals surface area contributed by atoms with E-state index >= 15 is 0 Å². The molecular formula is C17H32N2O. The average Bonchev–Trinajstić information content (AvgIpc) is 2.40. The van der Waals surface area contributed by atoms with Crippen molar-refractivity contribution in [1.29, 1.82) is 0 Å². The van der Waals surface area contributed by atoms with E-state index in [-0.39, 0.29) is 5.60 Å². The van der Waals surface area contributed by atoms with E-state index in [1.807, 2.05) is 0 Å². The van der Waals surface area contributed by atoms with Crippen LogP contribution in [0.2, 0.25) is 0 Å². The Balaban J connectivity index is 1.61. The highest BCUT2D eigenvalue weighted by Crippen LogP contribution is 2.47. The second-order valence-corrected chi connectivity index (χ2v) is 8.33. The Kier molecular flexibility index (Phi) is 4.13. The van der Waals surface area contributed by atoms with Crippen molar-refractivity contribution in [1.82, 2.24) is 5.43 Å². The van der Waals surface area contributed by atoms with Gasteiger partial charge in [0.2, 0.25) is 0 Å². The molecule has 2 saturated carbocycles. The van der Waals surface area contributed by atoms with Gasteiger partial charge in [0.25, 0.3) is 0 Å². The van der Waals surface area contributed by atoms with Crippen LogP contribution in [0.15, 0.2) is 0 Å². The fraction of sp³-hybridized carbons (Fsp3) is 1.00. The number of hydrazine groups is 1. The molecule has 2 unspecified atom stereocenters. The zero-order valence-corrected chi connectivity index (χ0v) is 13.3. The Morgan fingerprint density at radius 3 is 2.30 bits per heavy atom. The molecule has 2 aliphatic carbocycles. The quantitative estimate of drug-likeness (QED) is 0.615. The van der Waals surface area contributed by atoms with Gasteiger partial charge in [-0.25, -0.2) is 0 Å². The van der Waals surface area contributed by atoms with Gasteiger partial charge >= 0.3 is 0 Å². The van der Waals surface area contributed by atoms with Crippen LogP contribution < -0.4 is 11.3 Å². The highest BCUT2D eigenvalue weighted by Gasteiger charge is 2.45. The molecule has 3 N–H and O–H groups in total. The molecule has 1 saturated heterocycles. The number of rotatable bonds is 3. The molecule has 0 aromatic heterocycles. The third-order valence-corrected chi connectivity index (χ3v) is 6.39. The summed E-state index contributed by atoms with van der Waals surface area (Å²) in [5.74, 6) is 7.45. The van der Waals surface area contributed by atoms with Crippen LogP contribution in [-0.2, 0) is 4.74 Å². The molecule has 0 amide bonds. The summed E-state index contributed by atoms with van der Waals surface area (Å²) in [7, 11) is 0. The van der Waals surface area contributed by atoms with Crippen molar-refractivity contribution in [2.75, 3.05) is 6.61 Å². The summed E-state index contributed by atoms with van der Waals surface area (Å²) in [4.78, 5) is 0. The fourth-order valence-corrected chi connectivity index (χ4v) is 4.73. The molecule has 0 bridgehead atoms. The van der Waals surface area contributed by atoms with Gasteiger partial charge in [0, 0.05) is 12.6 Å². The van der Waals surface area contributed by atoms with Crippen molar-refractivity contribution in [3.63, 3.8) is 0 Å². The van der Waals surface area contributed by atoms with Gasteiger partial charge in [-0.15, -0.1) is 0 Å². The molecule has 1 spiro atoms. The Morgan fingerprint density at radius 1 is 1.05 bits per heavy atom. The molecule has 3 aliphatic rings. The van der Waals surface area contributed by atoms with Gasteiger partial charge in [-0.3, -0.25) is 11.3 Å². The van der Waals surface area contributed by atoms with E-state index in [0.29, 0.717) is 11.5 Å². The van der Waals surface area contributed by atoms with E-state index < -0.39 is 0 Å². The molecule has 0 radical (unpaired) electrons. The first-order chi connectivity index (χ1) is 9.54. The summed E-state index contributed by atoms with van der Waals surface area (Å²) >= 11 is 0. The lowest BCUT2D eigenvalue weighted by molar-refractivity contribution is -0.150. The normalized spacial score (nSPS) is 34.6. The van der Waals surface area contributed by atoms with Crippen molar-refractivity contribution in [3.8, 4) is 0 Å². The van der Waals surface area contributed by atoms with Crippen LogP contribution in [0, 0.1) is 17.3 Å². The maximum atomic E-state index is 6.08. The average molecular weight is 280 g/mol. The number of hydrogen-bond donors (Lipinski definition) is 2. The van der Waals surface area contributed by atoms with E-state index in [4.69, 9.17) is 10.6 Å². The van der Waals surface area contributed by atoms with Crippen molar-refractivity contribution >= 4 is 0 Å². The predicted octanol–water partition coefficient (Wildman–Crippen LogP) is 3.38. The van der Waals surface area contributed by atoms with E-state index in [1.165, 1.54) is 57.8 Å². The van der Waals surface area contributed by atoms with Gasteiger partial charge < -0.3 is 4.74 Å². The first-order valence-corrected chi connectivity index (χ1v) is 8.64. The van der Waals surface area contributed by atoms with Gasteiger partial charge in [-0.05, 0) is 75.0 Å². The van der Waals surface area contributed by atoms with Gasteiger partial charge in [0.15, 0.2) is 0 Å². The lowest BCUT2D eigenvalue weighted by Gasteiger charge is -2.50. The molecule has 1 aliphatic heterocycles. The molecule has 1 heterocycles. The maximum absolute atomic E-state index is 6.08. The van der Waals surface area contributed by atoms with Crippen LogP contribution in [0.4, 0.5) is 0 Å².